The highest BCUT2D eigenvalue weighted by atomic mass is 79.9. The summed E-state index contributed by atoms with van der Waals surface area (Å²) in [5, 5.41) is 3.15. The quantitative estimate of drug-likeness (QED) is 0.903. The van der Waals surface area contributed by atoms with Crippen LogP contribution in [0.4, 0.5) is 0 Å². The molecule has 1 atom stereocenters. The van der Waals surface area contributed by atoms with Crippen molar-refractivity contribution in [1.82, 2.24) is 9.88 Å². The number of nitrogens with zero attached hydrogens (tertiary/aromatic N) is 1. The number of carbonyl (C=O) groups excluding carboxylic acids is 1. The van der Waals surface area contributed by atoms with Crippen LogP contribution >= 0.6 is 15.9 Å². The van der Waals surface area contributed by atoms with Crippen molar-refractivity contribution in [2.24, 2.45) is 0 Å². The van der Waals surface area contributed by atoms with Gasteiger partial charge in [0.05, 0.1) is 12.3 Å². The van der Waals surface area contributed by atoms with E-state index >= 15 is 0 Å². The predicted octanol–water partition coefficient (Wildman–Crippen LogP) is 4.06. The van der Waals surface area contributed by atoms with Crippen LogP contribution in [0.25, 0.3) is 0 Å². The number of halogens is 1. The van der Waals surface area contributed by atoms with E-state index in [0.717, 1.165) is 48.0 Å². The molecule has 0 saturated carbocycles. The van der Waals surface area contributed by atoms with Crippen LogP contribution in [0.5, 0.6) is 0 Å². The molecule has 0 spiro atoms. The maximum Gasteiger partial charge on any atom is 0.268 e. The summed E-state index contributed by atoms with van der Waals surface area (Å²) in [5.41, 5.74) is 1.83. The molecule has 1 aliphatic rings. The zero-order valence-corrected chi connectivity index (χ0v) is 13.6. The number of amides is 1. The third-order valence-electron chi connectivity index (χ3n) is 3.92. The van der Waals surface area contributed by atoms with E-state index in [0.29, 0.717) is 5.69 Å². The lowest BCUT2D eigenvalue weighted by Gasteiger charge is -2.23. The van der Waals surface area contributed by atoms with E-state index in [9.17, 15) is 4.79 Å². The molecule has 1 N–H and O–H groups in total. The zero-order valence-electron chi connectivity index (χ0n) is 12.1. The van der Waals surface area contributed by atoms with Gasteiger partial charge < -0.3 is 14.3 Å². The van der Waals surface area contributed by atoms with Crippen LogP contribution in [0.1, 0.15) is 54.0 Å². The molecule has 112 valence electrons. The summed E-state index contributed by atoms with van der Waals surface area (Å²) in [5.74, 6) is 0.991. The predicted molar refractivity (Wildman–Crippen MR) is 84.3 cm³/mol. The largest absolute Gasteiger partial charge is 0.469 e. The fourth-order valence-corrected chi connectivity index (χ4v) is 3.42. The highest BCUT2D eigenvalue weighted by molar-refractivity contribution is 9.10. The van der Waals surface area contributed by atoms with Crippen molar-refractivity contribution in [3.8, 4) is 0 Å². The van der Waals surface area contributed by atoms with Crippen LogP contribution in [0, 0.1) is 0 Å². The number of hydrogen-bond donors (Lipinski definition) is 1. The first-order valence-corrected chi connectivity index (χ1v) is 8.21. The summed E-state index contributed by atoms with van der Waals surface area (Å²) >= 11 is 3.45. The van der Waals surface area contributed by atoms with Gasteiger partial charge in [0.1, 0.15) is 11.5 Å². The smallest absolute Gasteiger partial charge is 0.268 e. The summed E-state index contributed by atoms with van der Waals surface area (Å²) < 4.78 is 8.41. The van der Waals surface area contributed by atoms with Gasteiger partial charge in [-0.25, -0.2) is 0 Å². The summed E-state index contributed by atoms with van der Waals surface area (Å²) in [6.07, 6.45) is 7.65. The standard InChI is InChI=1S/C16H19BrN2O2/c1-2-7-19-10-11(17)9-14(19)16(20)18-13-4-3-5-15-12(13)6-8-21-15/h6,8-10,13H,2-5,7H2,1H3,(H,18,20). The SMILES string of the molecule is CCCn1cc(Br)cc1C(=O)NC1CCCc2occc21. The highest BCUT2D eigenvalue weighted by Gasteiger charge is 2.25. The average Bonchev–Trinajstić information content (AvgIpc) is 3.06. The molecule has 0 saturated heterocycles. The lowest BCUT2D eigenvalue weighted by Crippen LogP contribution is -2.31. The molecular weight excluding hydrogens is 332 g/mol. The Balaban J connectivity index is 1.79. The third-order valence-corrected chi connectivity index (χ3v) is 4.35. The summed E-state index contributed by atoms with van der Waals surface area (Å²) in [6, 6.07) is 3.91. The number of rotatable bonds is 4. The van der Waals surface area contributed by atoms with E-state index in [2.05, 4.69) is 28.2 Å². The molecule has 2 aromatic rings. The number of fused-ring (bicyclic) bond motifs is 1. The van der Waals surface area contributed by atoms with Gasteiger partial charge in [-0.2, -0.15) is 0 Å². The number of hydrogen-bond acceptors (Lipinski definition) is 2. The first kappa shape index (κ1) is 14.4. The normalized spacial score (nSPS) is 17.5. The van der Waals surface area contributed by atoms with Crippen molar-refractivity contribution in [2.45, 2.75) is 45.2 Å². The third kappa shape index (κ3) is 2.93. The summed E-state index contributed by atoms with van der Waals surface area (Å²) in [7, 11) is 0. The average molecular weight is 351 g/mol. The molecule has 21 heavy (non-hydrogen) atoms. The fourth-order valence-electron chi connectivity index (χ4n) is 2.96. The van der Waals surface area contributed by atoms with Crippen LogP contribution in [0.2, 0.25) is 0 Å². The van der Waals surface area contributed by atoms with Gasteiger partial charge >= 0.3 is 0 Å². The van der Waals surface area contributed by atoms with Crippen LogP contribution in [0.15, 0.2) is 33.5 Å². The maximum absolute atomic E-state index is 12.6. The van der Waals surface area contributed by atoms with Gasteiger partial charge in [0.2, 0.25) is 0 Å². The van der Waals surface area contributed by atoms with Gasteiger partial charge in [0.15, 0.2) is 0 Å². The Bertz CT molecular complexity index is 644. The molecule has 3 rings (SSSR count). The molecule has 1 unspecified atom stereocenters. The molecule has 5 heteroatoms. The molecule has 1 amide bonds. The van der Waals surface area contributed by atoms with Gasteiger partial charge in [-0.05, 0) is 47.3 Å². The second-order valence-electron chi connectivity index (χ2n) is 5.45. The second-order valence-corrected chi connectivity index (χ2v) is 6.37. The van der Waals surface area contributed by atoms with Crippen LogP contribution < -0.4 is 5.32 Å². The molecule has 4 nitrogen and oxygen atoms in total. The number of carbonyl (C=O) groups is 1. The van der Waals surface area contributed by atoms with Gasteiger partial charge in [-0.1, -0.05) is 6.92 Å². The molecule has 2 heterocycles. The Morgan fingerprint density at radius 2 is 2.43 bits per heavy atom. The Morgan fingerprint density at radius 1 is 1.57 bits per heavy atom. The minimum atomic E-state index is -0.0202. The maximum atomic E-state index is 12.6. The lowest BCUT2D eigenvalue weighted by molar-refractivity contribution is 0.0922. The van der Waals surface area contributed by atoms with Crippen LogP contribution in [-0.4, -0.2) is 10.5 Å². The molecule has 0 bridgehead atoms. The molecule has 0 fully saturated rings. The van der Waals surface area contributed by atoms with E-state index in [1.807, 2.05) is 22.9 Å². The van der Waals surface area contributed by atoms with Crippen molar-refractivity contribution < 1.29 is 9.21 Å². The lowest BCUT2D eigenvalue weighted by atomic mass is 9.93. The Labute approximate surface area is 132 Å². The Hall–Kier alpha value is -1.49. The van der Waals surface area contributed by atoms with Gasteiger partial charge in [-0.3, -0.25) is 4.79 Å². The zero-order chi connectivity index (χ0) is 14.8. The Kier molecular flexibility index (Phi) is 4.19. The topological polar surface area (TPSA) is 47.2 Å². The van der Waals surface area contributed by atoms with Crippen LogP contribution in [0.3, 0.4) is 0 Å². The van der Waals surface area contributed by atoms with E-state index in [1.165, 1.54) is 0 Å². The minimum Gasteiger partial charge on any atom is -0.469 e. The van der Waals surface area contributed by atoms with Crippen molar-refractivity contribution in [2.75, 3.05) is 0 Å². The number of aryl methyl sites for hydroxylation is 2. The Morgan fingerprint density at radius 3 is 3.24 bits per heavy atom. The molecular formula is C16H19BrN2O2. The number of nitrogens with one attached hydrogen (secondary N) is 1. The first-order chi connectivity index (χ1) is 10.2. The van der Waals surface area contributed by atoms with Gasteiger partial charge in [0, 0.05) is 29.2 Å². The summed E-state index contributed by atoms with van der Waals surface area (Å²) in [4.78, 5) is 12.6. The molecule has 0 radical (unpaired) electrons. The van der Waals surface area contributed by atoms with Crippen molar-refractivity contribution >= 4 is 21.8 Å². The van der Waals surface area contributed by atoms with E-state index in [1.54, 1.807) is 6.26 Å². The van der Waals surface area contributed by atoms with E-state index < -0.39 is 0 Å². The van der Waals surface area contributed by atoms with E-state index in [4.69, 9.17) is 4.42 Å². The fraction of sp³-hybridized carbons (Fsp3) is 0.438. The molecule has 0 aromatic carbocycles. The number of aromatic nitrogens is 1. The molecule has 0 aliphatic heterocycles. The minimum absolute atomic E-state index is 0.0202. The van der Waals surface area contributed by atoms with Crippen molar-refractivity contribution in [3.05, 3.63) is 46.1 Å². The highest BCUT2D eigenvalue weighted by Crippen LogP contribution is 2.30. The molecule has 2 aromatic heterocycles. The van der Waals surface area contributed by atoms with E-state index in [-0.39, 0.29) is 11.9 Å². The van der Waals surface area contributed by atoms with Gasteiger partial charge in [-0.15, -0.1) is 0 Å². The van der Waals surface area contributed by atoms with Crippen molar-refractivity contribution in [1.29, 1.82) is 0 Å². The summed E-state index contributed by atoms with van der Waals surface area (Å²) in [6.45, 7) is 2.95. The van der Waals surface area contributed by atoms with Crippen molar-refractivity contribution in [3.63, 3.8) is 0 Å². The van der Waals surface area contributed by atoms with Gasteiger partial charge in [0.25, 0.3) is 5.91 Å². The molecule has 1 aliphatic carbocycles. The second kappa shape index (κ2) is 6.10. The number of furan rings is 1. The van der Waals surface area contributed by atoms with Crippen LogP contribution in [-0.2, 0) is 13.0 Å². The first-order valence-electron chi connectivity index (χ1n) is 7.42. The monoisotopic (exact) mass is 350 g/mol.